The highest BCUT2D eigenvalue weighted by atomic mass is 15.0. The molecule has 1 heteroatoms. The summed E-state index contributed by atoms with van der Waals surface area (Å²) in [6.07, 6.45) is 9.51. The maximum absolute atomic E-state index is 3.86. The van der Waals surface area contributed by atoms with Crippen molar-refractivity contribution in [1.82, 2.24) is 5.32 Å². The van der Waals surface area contributed by atoms with Crippen molar-refractivity contribution in [3.63, 3.8) is 0 Å². The summed E-state index contributed by atoms with van der Waals surface area (Å²) in [5.74, 6) is 0. The predicted octanol–water partition coefficient (Wildman–Crippen LogP) is 4.12. The third-order valence-corrected chi connectivity index (χ3v) is 3.84. The fourth-order valence-electron chi connectivity index (χ4n) is 2.77. The van der Waals surface area contributed by atoms with Gasteiger partial charge in [-0.1, -0.05) is 40.5 Å². The van der Waals surface area contributed by atoms with Crippen molar-refractivity contribution in [1.29, 1.82) is 0 Å². The number of unbranched alkanes of at least 4 members (excludes halogenated alkanes) is 1. The van der Waals surface area contributed by atoms with Gasteiger partial charge in [0.05, 0.1) is 0 Å². The van der Waals surface area contributed by atoms with Gasteiger partial charge in [-0.3, -0.25) is 0 Å². The highest BCUT2D eigenvalue weighted by Crippen LogP contribution is 2.37. The standard InChI is InChI=1S/C14H29N/c1-5-7-8-12(6-2)15-13-9-10-14(3,4)11-13/h12-13,15H,5-11H2,1-4H3. The van der Waals surface area contributed by atoms with E-state index in [1.807, 2.05) is 0 Å². The largest absolute Gasteiger partial charge is 0.311 e. The SMILES string of the molecule is CCCCC(CC)NC1CCC(C)(C)C1. The van der Waals surface area contributed by atoms with Crippen molar-refractivity contribution < 1.29 is 0 Å². The van der Waals surface area contributed by atoms with Gasteiger partial charge in [-0.05, 0) is 37.5 Å². The van der Waals surface area contributed by atoms with E-state index in [-0.39, 0.29) is 0 Å². The summed E-state index contributed by atoms with van der Waals surface area (Å²) in [6.45, 7) is 9.40. The van der Waals surface area contributed by atoms with Gasteiger partial charge in [-0.25, -0.2) is 0 Å². The summed E-state index contributed by atoms with van der Waals surface area (Å²) < 4.78 is 0. The lowest BCUT2D eigenvalue weighted by Gasteiger charge is -2.23. The Morgan fingerprint density at radius 1 is 1.33 bits per heavy atom. The first-order valence-electron chi connectivity index (χ1n) is 6.83. The zero-order chi connectivity index (χ0) is 11.3. The third-order valence-electron chi connectivity index (χ3n) is 3.84. The van der Waals surface area contributed by atoms with Gasteiger partial charge in [0.2, 0.25) is 0 Å². The summed E-state index contributed by atoms with van der Waals surface area (Å²) in [5, 5.41) is 3.86. The van der Waals surface area contributed by atoms with Crippen LogP contribution in [0.1, 0.15) is 72.6 Å². The molecule has 1 aliphatic carbocycles. The van der Waals surface area contributed by atoms with Crippen LogP contribution in [0.25, 0.3) is 0 Å². The smallest absolute Gasteiger partial charge is 0.00749 e. The molecule has 0 aliphatic heterocycles. The number of hydrogen-bond donors (Lipinski definition) is 1. The highest BCUT2D eigenvalue weighted by molar-refractivity contribution is 4.87. The minimum Gasteiger partial charge on any atom is -0.311 e. The molecule has 90 valence electrons. The first-order valence-corrected chi connectivity index (χ1v) is 6.83. The fourth-order valence-corrected chi connectivity index (χ4v) is 2.77. The molecule has 0 radical (unpaired) electrons. The summed E-state index contributed by atoms with van der Waals surface area (Å²) in [7, 11) is 0. The molecule has 1 N–H and O–H groups in total. The average Bonchev–Trinajstić information content (AvgIpc) is 2.52. The molecule has 2 atom stereocenters. The lowest BCUT2D eigenvalue weighted by atomic mass is 9.91. The molecule has 1 aliphatic rings. The van der Waals surface area contributed by atoms with Gasteiger partial charge in [-0.15, -0.1) is 0 Å². The Morgan fingerprint density at radius 3 is 2.53 bits per heavy atom. The summed E-state index contributed by atoms with van der Waals surface area (Å²) in [5.41, 5.74) is 0.584. The molecule has 1 nitrogen and oxygen atoms in total. The monoisotopic (exact) mass is 211 g/mol. The lowest BCUT2D eigenvalue weighted by Crippen LogP contribution is -2.36. The van der Waals surface area contributed by atoms with Gasteiger partial charge in [0.25, 0.3) is 0 Å². The summed E-state index contributed by atoms with van der Waals surface area (Å²) >= 11 is 0. The van der Waals surface area contributed by atoms with E-state index >= 15 is 0 Å². The van der Waals surface area contributed by atoms with Crippen LogP contribution in [0.3, 0.4) is 0 Å². The van der Waals surface area contributed by atoms with Crippen LogP contribution in [-0.2, 0) is 0 Å². The Hall–Kier alpha value is -0.0400. The van der Waals surface area contributed by atoms with E-state index in [0.29, 0.717) is 5.41 Å². The molecule has 15 heavy (non-hydrogen) atoms. The molecule has 1 fully saturated rings. The Labute approximate surface area is 96.0 Å². The Kier molecular flexibility index (Phi) is 5.11. The van der Waals surface area contributed by atoms with Gasteiger partial charge < -0.3 is 5.32 Å². The molecule has 0 spiro atoms. The summed E-state index contributed by atoms with van der Waals surface area (Å²) in [4.78, 5) is 0. The molecule has 0 aromatic heterocycles. The second-order valence-electron chi connectivity index (χ2n) is 6.02. The van der Waals surface area contributed by atoms with Crippen LogP contribution >= 0.6 is 0 Å². The number of hydrogen-bond acceptors (Lipinski definition) is 1. The molecule has 0 aromatic rings. The molecule has 0 heterocycles. The van der Waals surface area contributed by atoms with Crippen molar-refractivity contribution >= 4 is 0 Å². The van der Waals surface area contributed by atoms with Crippen LogP contribution < -0.4 is 5.32 Å². The van der Waals surface area contributed by atoms with E-state index in [0.717, 1.165) is 12.1 Å². The van der Waals surface area contributed by atoms with Crippen LogP contribution in [0.2, 0.25) is 0 Å². The van der Waals surface area contributed by atoms with Crippen LogP contribution in [0, 0.1) is 5.41 Å². The molecule has 0 aromatic carbocycles. The summed E-state index contributed by atoms with van der Waals surface area (Å²) in [6, 6.07) is 1.56. The van der Waals surface area contributed by atoms with Gasteiger partial charge in [0.1, 0.15) is 0 Å². The van der Waals surface area contributed by atoms with Crippen molar-refractivity contribution in [3.05, 3.63) is 0 Å². The fraction of sp³-hybridized carbons (Fsp3) is 1.00. The quantitative estimate of drug-likeness (QED) is 0.697. The normalized spacial score (nSPS) is 26.8. The van der Waals surface area contributed by atoms with Crippen LogP contribution in [0.15, 0.2) is 0 Å². The first-order chi connectivity index (χ1) is 7.07. The zero-order valence-electron chi connectivity index (χ0n) is 11.1. The Balaban J connectivity index is 2.27. The van der Waals surface area contributed by atoms with Crippen LogP contribution in [0.5, 0.6) is 0 Å². The average molecular weight is 211 g/mol. The number of rotatable bonds is 6. The predicted molar refractivity (Wildman–Crippen MR) is 68.2 cm³/mol. The van der Waals surface area contributed by atoms with Crippen molar-refractivity contribution in [3.8, 4) is 0 Å². The van der Waals surface area contributed by atoms with Crippen molar-refractivity contribution in [2.24, 2.45) is 5.41 Å². The van der Waals surface area contributed by atoms with Crippen molar-refractivity contribution in [2.45, 2.75) is 84.7 Å². The Morgan fingerprint density at radius 2 is 2.07 bits per heavy atom. The zero-order valence-corrected chi connectivity index (χ0v) is 11.1. The minimum absolute atomic E-state index is 0.584. The van der Waals surface area contributed by atoms with E-state index in [2.05, 4.69) is 33.0 Å². The van der Waals surface area contributed by atoms with E-state index < -0.39 is 0 Å². The van der Waals surface area contributed by atoms with Crippen molar-refractivity contribution in [2.75, 3.05) is 0 Å². The van der Waals surface area contributed by atoms with Crippen LogP contribution in [-0.4, -0.2) is 12.1 Å². The molecule has 0 saturated heterocycles. The van der Waals surface area contributed by atoms with E-state index in [1.54, 1.807) is 0 Å². The minimum atomic E-state index is 0.584. The molecular weight excluding hydrogens is 182 g/mol. The van der Waals surface area contributed by atoms with Crippen LogP contribution in [0.4, 0.5) is 0 Å². The molecule has 0 bridgehead atoms. The maximum Gasteiger partial charge on any atom is 0.00749 e. The topological polar surface area (TPSA) is 12.0 Å². The van der Waals surface area contributed by atoms with E-state index in [1.165, 1.54) is 44.9 Å². The van der Waals surface area contributed by atoms with E-state index in [4.69, 9.17) is 0 Å². The highest BCUT2D eigenvalue weighted by Gasteiger charge is 2.31. The van der Waals surface area contributed by atoms with Gasteiger partial charge in [0, 0.05) is 12.1 Å². The third kappa shape index (κ3) is 4.55. The maximum atomic E-state index is 3.86. The van der Waals surface area contributed by atoms with Gasteiger partial charge in [-0.2, -0.15) is 0 Å². The first kappa shape index (κ1) is 13.0. The molecule has 1 rings (SSSR count). The molecule has 1 saturated carbocycles. The van der Waals surface area contributed by atoms with Gasteiger partial charge >= 0.3 is 0 Å². The molecule has 2 unspecified atom stereocenters. The second kappa shape index (κ2) is 5.89. The van der Waals surface area contributed by atoms with E-state index in [9.17, 15) is 0 Å². The lowest BCUT2D eigenvalue weighted by molar-refractivity contribution is 0.341. The number of nitrogens with one attached hydrogen (secondary N) is 1. The second-order valence-corrected chi connectivity index (χ2v) is 6.02. The Bertz CT molecular complexity index is 174. The molecular formula is C14H29N. The molecule has 0 amide bonds. The van der Waals surface area contributed by atoms with Gasteiger partial charge in [0.15, 0.2) is 0 Å².